The number of nitrogens with zero attached hydrogens (tertiary/aromatic N) is 1. The number of carbonyl (C=O) groups excluding carboxylic acids is 1. The van der Waals surface area contributed by atoms with Crippen LogP contribution in [-0.2, 0) is 4.79 Å². The summed E-state index contributed by atoms with van der Waals surface area (Å²) in [5.41, 5.74) is 0.577. The summed E-state index contributed by atoms with van der Waals surface area (Å²) in [4.78, 5) is 13.7. The molecule has 1 N–H and O–H groups in total. The van der Waals surface area contributed by atoms with E-state index >= 15 is 0 Å². The van der Waals surface area contributed by atoms with Gasteiger partial charge in [0.2, 0.25) is 5.91 Å². The number of anilines is 1. The highest BCUT2D eigenvalue weighted by Gasteiger charge is 2.10. The molecule has 0 spiro atoms. The number of rotatable bonds is 5. The fourth-order valence-electron chi connectivity index (χ4n) is 1.35. The third-order valence-electron chi connectivity index (χ3n) is 2.37. The van der Waals surface area contributed by atoms with Crippen molar-refractivity contribution in [2.24, 2.45) is 0 Å². The van der Waals surface area contributed by atoms with Gasteiger partial charge in [0.25, 0.3) is 0 Å². The summed E-state index contributed by atoms with van der Waals surface area (Å²) in [7, 11) is 6.81. The number of thiocarbonyl (C=S) groups is 1. The summed E-state index contributed by atoms with van der Waals surface area (Å²) in [5, 5.41) is 2.79. The van der Waals surface area contributed by atoms with E-state index in [1.807, 2.05) is 14.1 Å². The monoisotopic (exact) mass is 314 g/mol. The molecule has 0 atom stereocenters. The molecular formula is C13H18N2O3S2. The van der Waals surface area contributed by atoms with E-state index in [1.54, 1.807) is 37.3 Å². The topological polar surface area (TPSA) is 50.8 Å². The van der Waals surface area contributed by atoms with Crippen molar-refractivity contribution in [2.75, 3.05) is 39.4 Å². The number of amides is 1. The van der Waals surface area contributed by atoms with Crippen LogP contribution in [0.2, 0.25) is 0 Å². The SMILES string of the molecule is COc1ccc(OC)c(NC(=O)CSC(=S)N(C)C)c1. The maximum Gasteiger partial charge on any atom is 0.234 e. The molecule has 7 heteroatoms. The van der Waals surface area contributed by atoms with Gasteiger partial charge in [-0.05, 0) is 12.1 Å². The van der Waals surface area contributed by atoms with Crippen LogP contribution in [0.5, 0.6) is 11.5 Å². The normalized spacial score (nSPS) is 9.80. The van der Waals surface area contributed by atoms with Crippen molar-refractivity contribution in [2.45, 2.75) is 0 Å². The van der Waals surface area contributed by atoms with Gasteiger partial charge in [0.1, 0.15) is 15.8 Å². The second-order valence-corrected chi connectivity index (χ2v) is 5.67. The molecule has 0 heterocycles. The van der Waals surface area contributed by atoms with Crippen LogP contribution in [0.15, 0.2) is 18.2 Å². The van der Waals surface area contributed by atoms with Gasteiger partial charge in [0.05, 0.1) is 25.7 Å². The van der Waals surface area contributed by atoms with Crippen molar-refractivity contribution >= 4 is 39.9 Å². The molecule has 0 aliphatic rings. The number of hydrogen-bond acceptors (Lipinski definition) is 5. The van der Waals surface area contributed by atoms with E-state index < -0.39 is 0 Å². The maximum atomic E-state index is 11.9. The van der Waals surface area contributed by atoms with Gasteiger partial charge < -0.3 is 19.7 Å². The van der Waals surface area contributed by atoms with Crippen molar-refractivity contribution in [3.05, 3.63) is 18.2 Å². The Hall–Kier alpha value is -1.47. The Morgan fingerprint density at radius 3 is 2.60 bits per heavy atom. The Bertz CT molecular complexity index is 493. The third-order valence-corrected chi connectivity index (χ3v) is 4.11. The highest BCUT2D eigenvalue weighted by Crippen LogP contribution is 2.29. The molecule has 0 bridgehead atoms. The Balaban J connectivity index is 2.67. The number of hydrogen-bond donors (Lipinski definition) is 1. The van der Waals surface area contributed by atoms with Crippen molar-refractivity contribution in [1.82, 2.24) is 4.90 Å². The predicted octanol–water partition coefficient (Wildman–Crippen LogP) is 2.22. The molecule has 0 saturated carbocycles. The number of methoxy groups -OCH3 is 2. The van der Waals surface area contributed by atoms with E-state index in [0.29, 0.717) is 21.5 Å². The molecule has 1 rings (SSSR count). The van der Waals surface area contributed by atoms with Gasteiger partial charge in [-0.1, -0.05) is 24.0 Å². The first-order valence-electron chi connectivity index (χ1n) is 5.84. The highest BCUT2D eigenvalue weighted by atomic mass is 32.2. The van der Waals surface area contributed by atoms with Crippen LogP contribution in [-0.4, -0.2) is 49.2 Å². The van der Waals surface area contributed by atoms with E-state index in [0.717, 1.165) is 0 Å². The minimum atomic E-state index is -0.147. The maximum absolute atomic E-state index is 11.9. The van der Waals surface area contributed by atoms with Crippen LogP contribution in [0.4, 0.5) is 5.69 Å². The zero-order valence-electron chi connectivity index (χ0n) is 11.9. The zero-order valence-corrected chi connectivity index (χ0v) is 13.6. The molecule has 0 saturated heterocycles. The first kappa shape index (κ1) is 16.6. The van der Waals surface area contributed by atoms with Gasteiger partial charge in [-0.15, -0.1) is 0 Å². The summed E-state index contributed by atoms with van der Waals surface area (Å²) in [5.74, 6) is 1.33. The summed E-state index contributed by atoms with van der Waals surface area (Å²) < 4.78 is 11.0. The summed E-state index contributed by atoms with van der Waals surface area (Å²) in [6.45, 7) is 0. The van der Waals surface area contributed by atoms with Crippen LogP contribution in [0, 0.1) is 0 Å². The number of carbonyl (C=O) groups is 1. The van der Waals surface area contributed by atoms with Crippen LogP contribution in [0.1, 0.15) is 0 Å². The molecule has 20 heavy (non-hydrogen) atoms. The Labute approximate surface area is 128 Å². The van der Waals surface area contributed by atoms with Gasteiger partial charge >= 0.3 is 0 Å². The second-order valence-electron chi connectivity index (χ2n) is 4.06. The predicted molar refractivity (Wildman–Crippen MR) is 86.9 cm³/mol. The van der Waals surface area contributed by atoms with Crippen LogP contribution in [0.25, 0.3) is 0 Å². The van der Waals surface area contributed by atoms with E-state index in [9.17, 15) is 4.79 Å². The summed E-state index contributed by atoms with van der Waals surface area (Å²) in [6, 6.07) is 5.22. The molecular weight excluding hydrogens is 296 g/mol. The zero-order chi connectivity index (χ0) is 15.1. The quantitative estimate of drug-likeness (QED) is 0.841. The number of benzene rings is 1. The minimum Gasteiger partial charge on any atom is -0.497 e. The smallest absolute Gasteiger partial charge is 0.234 e. The lowest BCUT2D eigenvalue weighted by Gasteiger charge is -2.14. The van der Waals surface area contributed by atoms with E-state index in [4.69, 9.17) is 21.7 Å². The number of ether oxygens (including phenoxy) is 2. The first-order valence-corrected chi connectivity index (χ1v) is 7.23. The second kappa shape index (κ2) is 7.96. The molecule has 1 aromatic carbocycles. The molecule has 0 fully saturated rings. The fourth-order valence-corrected chi connectivity index (χ4v) is 2.12. The largest absolute Gasteiger partial charge is 0.497 e. The molecule has 1 amide bonds. The van der Waals surface area contributed by atoms with E-state index in [2.05, 4.69) is 5.32 Å². The summed E-state index contributed by atoms with van der Waals surface area (Å²) in [6.07, 6.45) is 0. The molecule has 0 aromatic heterocycles. The molecule has 0 radical (unpaired) electrons. The molecule has 110 valence electrons. The lowest BCUT2D eigenvalue weighted by molar-refractivity contribution is -0.113. The lowest BCUT2D eigenvalue weighted by Crippen LogP contribution is -2.21. The van der Waals surface area contributed by atoms with E-state index in [1.165, 1.54) is 11.8 Å². The van der Waals surface area contributed by atoms with Gasteiger partial charge in [0.15, 0.2) is 0 Å². The van der Waals surface area contributed by atoms with Crippen molar-refractivity contribution < 1.29 is 14.3 Å². The molecule has 1 aromatic rings. The van der Waals surface area contributed by atoms with Crippen molar-refractivity contribution in [3.8, 4) is 11.5 Å². The highest BCUT2D eigenvalue weighted by molar-refractivity contribution is 8.23. The van der Waals surface area contributed by atoms with Crippen LogP contribution in [0.3, 0.4) is 0 Å². The Morgan fingerprint density at radius 1 is 1.35 bits per heavy atom. The average Bonchev–Trinajstić information content (AvgIpc) is 2.44. The molecule has 0 unspecified atom stereocenters. The van der Waals surface area contributed by atoms with Crippen molar-refractivity contribution in [3.63, 3.8) is 0 Å². The van der Waals surface area contributed by atoms with E-state index in [-0.39, 0.29) is 11.7 Å². The van der Waals surface area contributed by atoms with Gasteiger partial charge in [-0.25, -0.2) is 0 Å². The van der Waals surface area contributed by atoms with Gasteiger partial charge in [-0.2, -0.15) is 0 Å². The number of thioether (sulfide) groups is 1. The molecule has 0 aliphatic carbocycles. The Kier molecular flexibility index (Phi) is 6.60. The fraction of sp³-hybridized carbons (Fsp3) is 0.385. The standard InChI is InChI=1S/C13H18N2O3S2/c1-15(2)13(19)20-8-12(16)14-10-7-9(17-3)5-6-11(10)18-4/h5-7H,8H2,1-4H3,(H,14,16). The minimum absolute atomic E-state index is 0.147. The van der Waals surface area contributed by atoms with Crippen LogP contribution >= 0.6 is 24.0 Å². The average molecular weight is 314 g/mol. The number of nitrogens with one attached hydrogen (secondary N) is 1. The van der Waals surface area contributed by atoms with Gasteiger partial charge in [-0.3, -0.25) is 4.79 Å². The molecule has 5 nitrogen and oxygen atoms in total. The Morgan fingerprint density at radius 2 is 2.05 bits per heavy atom. The first-order chi connectivity index (χ1) is 9.47. The van der Waals surface area contributed by atoms with Crippen molar-refractivity contribution in [1.29, 1.82) is 0 Å². The van der Waals surface area contributed by atoms with Gasteiger partial charge in [0, 0.05) is 20.2 Å². The lowest BCUT2D eigenvalue weighted by atomic mass is 10.2. The van der Waals surface area contributed by atoms with Crippen LogP contribution < -0.4 is 14.8 Å². The summed E-state index contributed by atoms with van der Waals surface area (Å²) >= 11 is 6.42. The molecule has 0 aliphatic heterocycles. The third kappa shape index (κ3) is 4.90.